The molecule has 0 saturated carbocycles. The molecule has 104 valence electrons. The smallest absolute Gasteiger partial charge is 0.306 e. The Labute approximate surface area is 112 Å². The molecule has 0 fully saturated rings. The number of carbonyl (C=O) groups is 1. The summed E-state index contributed by atoms with van der Waals surface area (Å²) in [6.45, 7) is 3.19. The fourth-order valence-electron chi connectivity index (χ4n) is 1.38. The lowest BCUT2D eigenvalue weighted by molar-refractivity contribution is -0.144. The van der Waals surface area contributed by atoms with Crippen molar-refractivity contribution in [1.82, 2.24) is 0 Å². The number of ether oxygens (including phenoxy) is 1. The zero-order valence-corrected chi connectivity index (χ0v) is 11.2. The van der Waals surface area contributed by atoms with Gasteiger partial charge in [0.2, 0.25) is 0 Å². The van der Waals surface area contributed by atoms with E-state index in [1.165, 1.54) is 12.1 Å². The van der Waals surface area contributed by atoms with Gasteiger partial charge in [0.1, 0.15) is 6.61 Å². The summed E-state index contributed by atoms with van der Waals surface area (Å²) in [6.07, 6.45) is 1.38. The molecule has 1 N–H and O–H groups in total. The van der Waals surface area contributed by atoms with Crippen molar-refractivity contribution in [3.8, 4) is 0 Å². The summed E-state index contributed by atoms with van der Waals surface area (Å²) in [7, 11) is -3.50. The van der Waals surface area contributed by atoms with Gasteiger partial charge in [-0.2, -0.15) is 0 Å². The zero-order valence-electron chi connectivity index (χ0n) is 10.4. The second-order valence-electron chi connectivity index (χ2n) is 3.79. The number of hydrogen-bond acceptors (Lipinski definition) is 5. The van der Waals surface area contributed by atoms with Gasteiger partial charge in [-0.15, -0.1) is 0 Å². The van der Waals surface area contributed by atoms with E-state index in [0.29, 0.717) is 0 Å². The van der Waals surface area contributed by atoms with E-state index in [-0.39, 0.29) is 30.3 Å². The number of rotatable bonds is 7. The first-order valence-corrected chi connectivity index (χ1v) is 7.36. The Morgan fingerprint density at radius 3 is 2.47 bits per heavy atom. The maximum Gasteiger partial charge on any atom is 0.306 e. The monoisotopic (exact) mass is 284 g/mol. The van der Waals surface area contributed by atoms with Crippen LogP contribution in [0.2, 0.25) is 0 Å². The molecule has 19 heavy (non-hydrogen) atoms. The van der Waals surface area contributed by atoms with Crippen LogP contribution >= 0.6 is 0 Å². The van der Waals surface area contributed by atoms with Gasteiger partial charge in [0.05, 0.1) is 23.7 Å². The molecule has 6 heteroatoms. The van der Waals surface area contributed by atoms with Crippen LogP contribution in [0.5, 0.6) is 0 Å². The Hall–Kier alpha value is -1.66. The molecular formula is C13H16O5S. The highest BCUT2D eigenvalue weighted by Gasteiger charge is 2.16. The lowest BCUT2D eigenvalue weighted by Crippen LogP contribution is -2.15. The number of aliphatic hydroxyl groups is 1. The maximum atomic E-state index is 11.9. The molecule has 0 unspecified atom stereocenters. The molecule has 0 atom stereocenters. The second kappa shape index (κ2) is 7.06. The first-order chi connectivity index (χ1) is 8.99. The second-order valence-corrected chi connectivity index (χ2v) is 5.90. The Morgan fingerprint density at radius 1 is 1.32 bits per heavy atom. The molecule has 1 aromatic carbocycles. The van der Waals surface area contributed by atoms with E-state index >= 15 is 0 Å². The molecular weight excluding hydrogens is 268 g/mol. The van der Waals surface area contributed by atoms with Crippen LogP contribution < -0.4 is 0 Å². The van der Waals surface area contributed by atoms with E-state index in [2.05, 4.69) is 11.3 Å². The summed E-state index contributed by atoms with van der Waals surface area (Å²) in [6, 6.07) is 6.24. The van der Waals surface area contributed by atoms with Crippen molar-refractivity contribution in [3.63, 3.8) is 0 Å². The van der Waals surface area contributed by atoms with Crippen molar-refractivity contribution in [2.24, 2.45) is 0 Å². The van der Waals surface area contributed by atoms with Gasteiger partial charge in [-0.05, 0) is 17.7 Å². The highest BCUT2D eigenvalue weighted by atomic mass is 32.2. The third kappa shape index (κ3) is 4.84. The highest BCUT2D eigenvalue weighted by Crippen LogP contribution is 2.14. The molecule has 0 amide bonds. The van der Waals surface area contributed by atoms with Gasteiger partial charge in [0.25, 0.3) is 0 Å². The molecule has 0 radical (unpaired) electrons. The number of esters is 1. The minimum atomic E-state index is -3.50. The lowest BCUT2D eigenvalue weighted by Gasteiger charge is -2.05. The largest absolute Gasteiger partial charge is 0.463 e. The Morgan fingerprint density at radius 2 is 1.95 bits per heavy atom. The Kier molecular flexibility index (Phi) is 5.72. The minimum Gasteiger partial charge on any atom is -0.463 e. The van der Waals surface area contributed by atoms with Crippen molar-refractivity contribution in [2.75, 3.05) is 19.0 Å². The average Bonchev–Trinajstić information content (AvgIpc) is 2.43. The maximum absolute atomic E-state index is 11.9. The van der Waals surface area contributed by atoms with Gasteiger partial charge in [0.15, 0.2) is 9.84 Å². The standard InChI is InChI=1S/C13H16O5S/c1-2-11-3-5-12(6-4-11)19(16,17)10-7-13(15)18-9-8-14/h2-6,14H,1,7-10H2. The Balaban J connectivity index is 2.64. The van der Waals surface area contributed by atoms with Crippen LogP contribution in [0.1, 0.15) is 12.0 Å². The van der Waals surface area contributed by atoms with Gasteiger partial charge in [-0.25, -0.2) is 8.42 Å². The van der Waals surface area contributed by atoms with Crippen LogP contribution in [0.4, 0.5) is 0 Å². The van der Waals surface area contributed by atoms with Gasteiger partial charge in [-0.1, -0.05) is 24.8 Å². The molecule has 0 bridgehead atoms. The third-order valence-corrected chi connectivity index (χ3v) is 4.14. The molecule has 0 aliphatic carbocycles. The van der Waals surface area contributed by atoms with Crippen molar-refractivity contribution in [1.29, 1.82) is 0 Å². The Bertz CT molecular complexity index is 531. The molecule has 5 nitrogen and oxygen atoms in total. The normalized spacial score (nSPS) is 11.0. The molecule has 0 spiro atoms. The lowest BCUT2D eigenvalue weighted by atomic mass is 10.2. The SMILES string of the molecule is C=Cc1ccc(S(=O)(=O)CCC(=O)OCCO)cc1. The number of sulfone groups is 1. The van der Waals surface area contributed by atoms with Crippen molar-refractivity contribution >= 4 is 21.9 Å². The summed E-state index contributed by atoms with van der Waals surface area (Å²) in [5, 5.41) is 8.47. The van der Waals surface area contributed by atoms with E-state index in [1.54, 1.807) is 18.2 Å². The van der Waals surface area contributed by atoms with Crippen LogP contribution in [0.25, 0.3) is 6.08 Å². The topological polar surface area (TPSA) is 80.7 Å². The van der Waals surface area contributed by atoms with Crippen LogP contribution in [0.15, 0.2) is 35.7 Å². The first-order valence-electron chi connectivity index (χ1n) is 5.71. The van der Waals surface area contributed by atoms with Crippen LogP contribution in [-0.2, 0) is 19.4 Å². The van der Waals surface area contributed by atoms with Gasteiger partial charge >= 0.3 is 5.97 Å². The van der Waals surface area contributed by atoms with Gasteiger partial charge < -0.3 is 9.84 Å². The molecule has 0 aromatic heterocycles. The first kappa shape index (κ1) is 15.4. The van der Waals surface area contributed by atoms with E-state index in [0.717, 1.165) is 5.56 Å². The summed E-state index contributed by atoms with van der Waals surface area (Å²) in [5.41, 5.74) is 0.821. The molecule has 1 aromatic rings. The van der Waals surface area contributed by atoms with Crippen molar-refractivity contribution in [2.45, 2.75) is 11.3 Å². The zero-order chi connectivity index (χ0) is 14.3. The third-order valence-electron chi connectivity index (χ3n) is 2.40. The molecule has 0 aliphatic heterocycles. The highest BCUT2D eigenvalue weighted by molar-refractivity contribution is 7.91. The fraction of sp³-hybridized carbons (Fsp3) is 0.308. The minimum absolute atomic E-state index is 0.118. The predicted octanol–water partition coefficient (Wildman–Crippen LogP) is 1.03. The molecule has 0 saturated heterocycles. The summed E-state index contributed by atoms with van der Waals surface area (Å²) >= 11 is 0. The van der Waals surface area contributed by atoms with E-state index in [4.69, 9.17) is 5.11 Å². The molecule has 0 aliphatic rings. The quantitative estimate of drug-likeness (QED) is 0.756. The van der Waals surface area contributed by atoms with E-state index < -0.39 is 15.8 Å². The summed E-state index contributed by atoms with van der Waals surface area (Å²) in [5.74, 6) is -0.953. The average molecular weight is 284 g/mol. The van der Waals surface area contributed by atoms with Crippen molar-refractivity contribution in [3.05, 3.63) is 36.4 Å². The number of carbonyl (C=O) groups excluding carboxylic acids is 1. The predicted molar refractivity (Wildman–Crippen MR) is 71.2 cm³/mol. The number of aliphatic hydroxyl groups excluding tert-OH is 1. The molecule has 0 heterocycles. The van der Waals surface area contributed by atoms with Crippen LogP contribution in [0, 0.1) is 0 Å². The van der Waals surface area contributed by atoms with Crippen molar-refractivity contribution < 1.29 is 23.1 Å². The summed E-state index contributed by atoms with van der Waals surface area (Å²) in [4.78, 5) is 11.3. The van der Waals surface area contributed by atoms with Gasteiger partial charge in [0, 0.05) is 0 Å². The molecule has 1 rings (SSSR count). The van der Waals surface area contributed by atoms with Gasteiger partial charge in [-0.3, -0.25) is 4.79 Å². The van der Waals surface area contributed by atoms with E-state index in [9.17, 15) is 13.2 Å². The summed E-state index contributed by atoms with van der Waals surface area (Å²) < 4.78 is 28.4. The number of benzene rings is 1. The van der Waals surface area contributed by atoms with E-state index in [1.807, 2.05) is 0 Å². The van der Waals surface area contributed by atoms with Crippen LogP contribution in [-0.4, -0.2) is 38.5 Å². The van der Waals surface area contributed by atoms with Crippen LogP contribution in [0.3, 0.4) is 0 Å². The number of hydrogen-bond donors (Lipinski definition) is 1. The fourth-order valence-corrected chi connectivity index (χ4v) is 2.60.